The molecule has 39 heavy (non-hydrogen) atoms. The minimum Gasteiger partial charge on any atom is -0.467 e. The Morgan fingerprint density at radius 3 is 2.64 bits per heavy atom. The number of fused-ring (bicyclic) bond motifs is 1. The summed E-state index contributed by atoms with van der Waals surface area (Å²) in [7, 11) is 1.31. The summed E-state index contributed by atoms with van der Waals surface area (Å²) in [4.78, 5) is 53.6. The number of benzene rings is 2. The van der Waals surface area contributed by atoms with Crippen molar-refractivity contribution in [3.63, 3.8) is 0 Å². The molecule has 2 aromatic carbocycles. The number of amides is 3. The maximum atomic E-state index is 13.2. The topological polar surface area (TPSA) is 148 Å². The van der Waals surface area contributed by atoms with Crippen LogP contribution in [0.3, 0.4) is 0 Å². The van der Waals surface area contributed by atoms with Gasteiger partial charge in [0.25, 0.3) is 0 Å². The minimum atomic E-state index is -1.03. The van der Waals surface area contributed by atoms with Gasteiger partial charge in [-0.05, 0) is 47.6 Å². The van der Waals surface area contributed by atoms with E-state index in [1.807, 2.05) is 47.6 Å². The molecular formula is C28H39N5O5S. The van der Waals surface area contributed by atoms with Gasteiger partial charge >= 0.3 is 5.97 Å². The van der Waals surface area contributed by atoms with Crippen LogP contribution in [0.1, 0.15) is 31.2 Å². The molecule has 212 valence electrons. The summed E-state index contributed by atoms with van der Waals surface area (Å²) >= 11 is 1.59. The third kappa shape index (κ3) is 8.67. The zero-order valence-corrected chi connectivity index (χ0v) is 23.5. The lowest BCUT2D eigenvalue weighted by Gasteiger charge is -2.31. The molecule has 1 saturated heterocycles. The number of primary amides is 1. The van der Waals surface area contributed by atoms with E-state index in [-0.39, 0.29) is 30.8 Å². The normalized spacial score (nSPS) is 16.7. The number of nitrogens with one attached hydrogen (secondary N) is 1. The third-order valence-corrected chi connectivity index (χ3v) is 7.64. The lowest BCUT2D eigenvalue weighted by molar-refractivity contribution is -0.145. The second-order valence-corrected chi connectivity index (χ2v) is 10.8. The van der Waals surface area contributed by atoms with Gasteiger partial charge < -0.3 is 26.4 Å². The minimum absolute atomic E-state index is 0.0370. The Morgan fingerprint density at radius 2 is 1.92 bits per heavy atom. The van der Waals surface area contributed by atoms with E-state index < -0.39 is 24.0 Å². The van der Waals surface area contributed by atoms with E-state index in [1.165, 1.54) is 7.11 Å². The Kier molecular flexibility index (Phi) is 11.6. The number of thioether (sulfide) groups is 1. The Morgan fingerprint density at radius 1 is 1.18 bits per heavy atom. The quantitative estimate of drug-likeness (QED) is 0.294. The molecule has 2 aromatic rings. The number of hydrogen-bond donors (Lipinski definition) is 3. The van der Waals surface area contributed by atoms with E-state index in [0.717, 1.165) is 29.2 Å². The average Bonchev–Trinajstić information content (AvgIpc) is 3.38. The number of methoxy groups -OCH3 is 1. The molecular weight excluding hydrogens is 518 g/mol. The number of hydrogen-bond acceptors (Lipinski definition) is 8. The maximum absolute atomic E-state index is 13.2. The standard InChI is InChI=1S/C28H39N5O5S/c1-38-28(37)24(12-14-39-2)31-25(34)18-32(16-20-9-5-8-19-7-3-4-11-22(19)20)17-21-10-6-13-33(21)26(35)15-23(29)27(30)36/h3-5,7-9,11,21,23-24H,6,10,12-18,29H2,1-2H3,(H2,30,36)(H,31,34)/t21-,23-,24-/m0/s1. The molecule has 1 aliphatic heterocycles. The molecule has 0 saturated carbocycles. The van der Waals surface area contributed by atoms with Crippen LogP contribution in [0.25, 0.3) is 10.8 Å². The number of carbonyl (C=O) groups is 4. The van der Waals surface area contributed by atoms with Crippen molar-refractivity contribution >= 4 is 46.2 Å². The molecule has 3 atom stereocenters. The van der Waals surface area contributed by atoms with Crippen molar-refractivity contribution in [3.05, 3.63) is 48.0 Å². The Bertz CT molecular complexity index is 1160. The van der Waals surface area contributed by atoms with Gasteiger partial charge in [-0.15, -0.1) is 0 Å². The molecule has 0 aliphatic carbocycles. The SMILES string of the molecule is COC(=O)[C@H](CCSC)NC(=O)CN(Cc1cccc2ccccc12)C[C@@H]1CCCN1C(=O)C[C@H](N)C(N)=O. The average molecular weight is 558 g/mol. The first-order valence-corrected chi connectivity index (χ1v) is 14.5. The first-order valence-electron chi connectivity index (χ1n) is 13.1. The predicted molar refractivity (Wildman–Crippen MR) is 153 cm³/mol. The Hall–Kier alpha value is -3.15. The molecule has 0 radical (unpaired) electrons. The smallest absolute Gasteiger partial charge is 0.328 e. The van der Waals surface area contributed by atoms with Crippen LogP contribution in [-0.2, 0) is 30.5 Å². The highest BCUT2D eigenvalue weighted by atomic mass is 32.2. The summed E-state index contributed by atoms with van der Waals surface area (Å²) in [5.74, 6) is -1.00. The zero-order chi connectivity index (χ0) is 28.4. The van der Waals surface area contributed by atoms with E-state index >= 15 is 0 Å². The summed E-state index contributed by atoms with van der Waals surface area (Å²) in [5, 5.41) is 5.02. The molecule has 0 aromatic heterocycles. The number of rotatable bonds is 14. The van der Waals surface area contributed by atoms with Crippen molar-refractivity contribution in [1.29, 1.82) is 0 Å². The van der Waals surface area contributed by atoms with Gasteiger partial charge in [0.15, 0.2) is 0 Å². The molecule has 3 rings (SSSR count). The number of likely N-dealkylation sites (tertiary alicyclic amines) is 1. The van der Waals surface area contributed by atoms with Gasteiger partial charge in [-0.3, -0.25) is 19.3 Å². The number of nitrogens with zero attached hydrogens (tertiary/aromatic N) is 2. The summed E-state index contributed by atoms with van der Waals surface area (Å²) < 4.78 is 4.89. The number of nitrogens with two attached hydrogens (primary N) is 2. The van der Waals surface area contributed by atoms with E-state index in [4.69, 9.17) is 16.2 Å². The fourth-order valence-electron chi connectivity index (χ4n) is 4.98. The highest BCUT2D eigenvalue weighted by Crippen LogP contribution is 2.23. The van der Waals surface area contributed by atoms with Gasteiger partial charge in [-0.1, -0.05) is 42.5 Å². The van der Waals surface area contributed by atoms with Crippen molar-refractivity contribution in [2.24, 2.45) is 11.5 Å². The number of carbonyl (C=O) groups excluding carboxylic acids is 4. The van der Waals surface area contributed by atoms with Gasteiger partial charge in [-0.2, -0.15) is 11.8 Å². The summed E-state index contributed by atoms with van der Waals surface area (Å²) in [6, 6.07) is 12.2. The molecule has 11 heteroatoms. The van der Waals surface area contributed by atoms with Crippen molar-refractivity contribution in [1.82, 2.24) is 15.1 Å². The van der Waals surface area contributed by atoms with Crippen LogP contribution < -0.4 is 16.8 Å². The fraction of sp³-hybridized carbons (Fsp3) is 0.500. The molecule has 0 spiro atoms. The van der Waals surface area contributed by atoms with Crippen LogP contribution in [-0.4, -0.2) is 90.4 Å². The largest absolute Gasteiger partial charge is 0.467 e. The monoisotopic (exact) mass is 557 g/mol. The second-order valence-electron chi connectivity index (χ2n) is 9.83. The van der Waals surface area contributed by atoms with Crippen LogP contribution >= 0.6 is 11.8 Å². The highest BCUT2D eigenvalue weighted by molar-refractivity contribution is 7.98. The summed E-state index contributed by atoms with van der Waals surface area (Å²) in [6.07, 6.45) is 3.84. The van der Waals surface area contributed by atoms with E-state index in [2.05, 4.69) is 11.4 Å². The number of ether oxygens (including phenoxy) is 1. The van der Waals surface area contributed by atoms with Crippen LogP contribution in [0.4, 0.5) is 0 Å². The predicted octanol–water partition coefficient (Wildman–Crippen LogP) is 1.25. The second kappa shape index (κ2) is 14.9. The van der Waals surface area contributed by atoms with Crippen molar-refractivity contribution in [3.8, 4) is 0 Å². The third-order valence-electron chi connectivity index (χ3n) is 7.00. The van der Waals surface area contributed by atoms with Crippen molar-refractivity contribution < 1.29 is 23.9 Å². The molecule has 5 N–H and O–H groups in total. The van der Waals surface area contributed by atoms with Gasteiger partial charge in [0.1, 0.15) is 6.04 Å². The first-order chi connectivity index (χ1) is 18.7. The summed E-state index contributed by atoms with van der Waals surface area (Å²) in [5.41, 5.74) is 12.1. The van der Waals surface area contributed by atoms with E-state index in [0.29, 0.717) is 31.8 Å². The number of esters is 1. The van der Waals surface area contributed by atoms with E-state index in [9.17, 15) is 19.2 Å². The molecule has 1 heterocycles. The molecule has 0 bridgehead atoms. The van der Waals surface area contributed by atoms with Gasteiger partial charge in [0, 0.05) is 25.7 Å². The molecule has 3 amide bonds. The van der Waals surface area contributed by atoms with E-state index in [1.54, 1.807) is 16.7 Å². The van der Waals surface area contributed by atoms with Crippen LogP contribution in [0.2, 0.25) is 0 Å². The summed E-state index contributed by atoms with van der Waals surface area (Å²) in [6.45, 7) is 1.52. The Labute approximate surface area is 233 Å². The molecule has 10 nitrogen and oxygen atoms in total. The van der Waals surface area contributed by atoms with Crippen LogP contribution in [0, 0.1) is 0 Å². The highest BCUT2D eigenvalue weighted by Gasteiger charge is 2.32. The Balaban J connectivity index is 1.80. The van der Waals surface area contributed by atoms with Gasteiger partial charge in [0.2, 0.25) is 17.7 Å². The molecule has 1 aliphatic rings. The lowest BCUT2D eigenvalue weighted by atomic mass is 10.0. The van der Waals surface area contributed by atoms with Gasteiger partial charge in [-0.25, -0.2) is 4.79 Å². The zero-order valence-electron chi connectivity index (χ0n) is 22.6. The van der Waals surface area contributed by atoms with Crippen LogP contribution in [0.5, 0.6) is 0 Å². The fourth-order valence-corrected chi connectivity index (χ4v) is 5.46. The molecule has 0 unspecified atom stereocenters. The maximum Gasteiger partial charge on any atom is 0.328 e. The van der Waals surface area contributed by atoms with Crippen molar-refractivity contribution in [2.75, 3.05) is 38.8 Å². The van der Waals surface area contributed by atoms with Gasteiger partial charge in [0.05, 0.1) is 26.1 Å². The molecule has 1 fully saturated rings. The van der Waals surface area contributed by atoms with Crippen LogP contribution in [0.15, 0.2) is 42.5 Å². The first kappa shape index (κ1) is 30.4. The van der Waals surface area contributed by atoms with Crippen molar-refractivity contribution in [2.45, 2.75) is 50.4 Å². The lowest BCUT2D eigenvalue weighted by Crippen LogP contribution is -2.50.